The molecule has 1 aromatic carbocycles. The maximum absolute atomic E-state index is 9.13. The summed E-state index contributed by atoms with van der Waals surface area (Å²) in [6.07, 6.45) is 5.74. The van der Waals surface area contributed by atoms with Gasteiger partial charge in [0.15, 0.2) is 0 Å². The topological polar surface area (TPSA) is 50.5 Å². The average molecular weight is 382 g/mol. The lowest BCUT2D eigenvalue weighted by Gasteiger charge is -2.34. The van der Waals surface area contributed by atoms with Crippen molar-refractivity contribution in [2.45, 2.75) is 31.0 Å². The van der Waals surface area contributed by atoms with Crippen molar-refractivity contribution in [1.82, 2.24) is 14.5 Å². The van der Waals surface area contributed by atoms with Crippen molar-refractivity contribution in [2.75, 3.05) is 26.3 Å². The SMILES string of the molecule is OCC[C@H]1CN2C[C@H](n3ccnc3-c3ccc(Cl)c(Cl)c3)C[C@H]2CO1. The second-order valence-corrected chi connectivity index (χ2v) is 7.57. The van der Waals surface area contributed by atoms with Crippen LogP contribution < -0.4 is 0 Å². The number of hydrogen-bond donors (Lipinski definition) is 1. The molecule has 2 saturated heterocycles. The van der Waals surface area contributed by atoms with Crippen LogP contribution in [0.2, 0.25) is 10.0 Å². The molecule has 2 aliphatic rings. The average Bonchev–Trinajstić information content (AvgIpc) is 3.23. The van der Waals surface area contributed by atoms with Crippen LogP contribution in [0, 0.1) is 0 Å². The van der Waals surface area contributed by atoms with Gasteiger partial charge >= 0.3 is 0 Å². The number of aromatic nitrogens is 2. The highest BCUT2D eigenvalue weighted by molar-refractivity contribution is 6.42. The molecule has 0 bridgehead atoms. The molecule has 0 saturated carbocycles. The lowest BCUT2D eigenvalue weighted by molar-refractivity contribution is -0.0567. The number of fused-ring (bicyclic) bond motifs is 1. The fourth-order valence-corrected chi connectivity index (χ4v) is 4.20. The van der Waals surface area contributed by atoms with Gasteiger partial charge in [-0.05, 0) is 31.0 Å². The second kappa shape index (κ2) is 7.25. The number of halogens is 2. The van der Waals surface area contributed by atoms with Crippen molar-refractivity contribution in [2.24, 2.45) is 0 Å². The van der Waals surface area contributed by atoms with Gasteiger partial charge in [0.05, 0.1) is 22.8 Å². The first-order valence-corrected chi connectivity index (χ1v) is 9.36. The van der Waals surface area contributed by atoms with Gasteiger partial charge in [-0.3, -0.25) is 4.90 Å². The molecule has 2 fully saturated rings. The van der Waals surface area contributed by atoms with Gasteiger partial charge in [0.1, 0.15) is 5.82 Å². The van der Waals surface area contributed by atoms with Crippen LogP contribution in [0.25, 0.3) is 11.4 Å². The van der Waals surface area contributed by atoms with Crippen molar-refractivity contribution in [3.63, 3.8) is 0 Å². The quantitative estimate of drug-likeness (QED) is 0.882. The summed E-state index contributed by atoms with van der Waals surface area (Å²) in [6.45, 7) is 2.77. The van der Waals surface area contributed by atoms with Crippen LogP contribution in [0.5, 0.6) is 0 Å². The Hall–Kier alpha value is -1.11. The first-order chi connectivity index (χ1) is 12.2. The number of ether oxygens (including phenoxy) is 1. The molecule has 1 N–H and O–H groups in total. The highest BCUT2D eigenvalue weighted by Crippen LogP contribution is 2.35. The molecule has 0 spiro atoms. The largest absolute Gasteiger partial charge is 0.396 e. The number of benzene rings is 1. The van der Waals surface area contributed by atoms with E-state index in [1.807, 2.05) is 30.6 Å². The maximum Gasteiger partial charge on any atom is 0.140 e. The molecule has 2 aromatic rings. The van der Waals surface area contributed by atoms with E-state index in [-0.39, 0.29) is 12.7 Å². The number of nitrogens with zero attached hydrogens (tertiary/aromatic N) is 3. The third-order valence-corrected chi connectivity index (χ3v) is 5.90. The molecule has 5 nitrogen and oxygen atoms in total. The Labute approximate surface area is 157 Å². The van der Waals surface area contributed by atoms with Crippen molar-refractivity contribution < 1.29 is 9.84 Å². The summed E-state index contributed by atoms with van der Waals surface area (Å²) in [5, 5.41) is 10.2. The molecule has 134 valence electrons. The van der Waals surface area contributed by atoms with E-state index < -0.39 is 0 Å². The van der Waals surface area contributed by atoms with E-state index in [0.717, 1.165) is 37.5 Å². The van der Waals surface area contributed by atoms with Gasteiger partial charge in [0, 0.05) is 49.7 Å². The summed E-state index contributed by atoms with van der Waals surface area (Å²) in [6, 6.07) is 6.42. The monoisotopic (exact) mass is 381 g/mol. The van der Waals surface area contributed by atoms with Gasteiger partial charge in [-0.15, -0.1) is 0 Å². The summed E-state index contributed by atoms with van der Waals surface area (Å²) < 4.78 is 8.12. The molecule has 3 heterocycles. The van der Waals surface area contributed by atoms with E-state index in [0.29, 0.717) is 28.5 Å². The highest BCUT2D eigenvalue weighted by atomic mass is 35.5. The molecular weight excluding hydrogens is 361 g/mol. The van der Waals surface area contributed by atoms with Crippen LogP contribution in [0.3, 0.4) is 0 Å². The van der Waals surface area contributed by atoms with Crippen LogP contribution >= 0.6 is 23.2 Å². The van der Waals surface area contributed by atoms with Crippen molar-refractivity contribution in [3.05, 3.63) is 40.6 Å². The molecule has 1 aromatic heterocycles. The van der Waals surface area contributed by atoms with Gasteiger partial charge in [0.2, 0.25) is 0 Å². The summed E-state index contributed by atoms with van der Waals surface area (Å²) in [5.74, 6) is 0.913. The Balaban J connectivity index is 1.54. The van der Waals surface area contributed by atoms with Crippen molar-refractivity contribution >= 4 is 23.2 Å². The molecule has 7 heteroatoms. The van der Waals surface area contributed by atoms with Crippen LogP contribution in [-0.4, -0.2) is 58.0 Å². The molecule has 3 atom stereocenters. The zero-order valence-corrected chi connectivity index (χ0v) is 15.3. The van der Waals surface area contributed by atoms with Crippen LogP contribution in [0.15, 0.2) is 30.6 Å². The van der Waals surface area contributed by atoms with E-state index in [2.05, 4.69) is 14.5 Å². The minimum Gasteiger partial charge on any atom is -0.396 e. The normalized spacial score (nSPS) is 26.8. The minimum absolute atomic E-state index is 0.136. The summed E-state index contributed by atoms with van der Waals surface area (Å²) >= 11 is 12.2. The number of imidazole rings is 1. The Morgan fingerprint density at radius 3 is 2.88 bits per heavy atom. The Kier molecular flexibility index (Phi) is 5.02. The van der Waals surface area contributed by atoms with Gasteiger partial charge in [0.25, 0.3) is 0 Å². The number of aliphatic hydroxyl groups excluding tert-OH is 1. The summed E-state index contributed by atoms with van der Waals surface area (Å²) in [7, 11) is 0. The second-order valence-electron chi connectivity index (χ2n) is 6.75. The molecule has 4 rings (SSSR count). The molecule has 0 amide bonds. The lowest BCUT2D eigenvalue weighted by atomic mass is 10.1. The molecule has 0 unspecified atom stereocenters. The minimum atomic E-state index is 0.136. The van der Waals surface area contributed by atoms with Gasteiger partial charge in [-0.25, -0.2) is 4.98 Å². The van der Waals surface area contributed by atoms with Gasteiger partial charge < -0.3 is 14.4 Å². The number of rotatable bonds is 4. The fraction of sp³-hybridized carbons (Fsp3) is 0.500. The Bertz CT molecular complexity index is 752. The standard InChI is InChI=1S/C18H21Cl2N3O2/c19-16-2-1-12(7-17(16)20)18-21-4-5-23(18)13-8-14-11-25-15(3-6-24)10-22(14)9-13/h1-2,4-5,7,13-15,24H,3,6,8-11H2/t13-,14+,15+/m1/s1. The number of morpholine rings is 1. The smallest absolute Gasteiger partial charge is 0.140 e. The molecule has 0 radical (unpaired) electrons. The van der Waals surface area contributed by atoms with Crippen molar-refractivity contribution in [1.29, 1.82) is 0 Å². The highest BCUT2D eigenvalue weighted by Gasteiger charge is 2.38. The van der Waals surface area contributed by atoms with E-state index >= 15 is 0 Å². The van der Waals surface area contributed by atoms with Gasteiger partial charge in [-0.2, -0.15) is 0 Å². The van der Waals surface area contributed by atoms with Gasteiger partial charge in [-0.1, -0.05) is 23.2 Å². The van der Waals surface area contributed by atoms with E-state index in [1.54, 1.807) is 0 Å². The summed E-state index contributed by atoms with van der Waals surface area (Å²) in [5.41, 5.74) is 0.971. The molecule has 2 aliphatic heterocycles. The molecular formula is C18H21Cl2N3O2. The van der Waals surface area contributed by atoms with Crippen molar-refractivity contribution in [3.8, 4) is 11.4 Å². The van der Waals surface area contributed by atoms with Crippen LogP contribution in [0.4, 0.5) is 0 Å². The third kappa shape index (κ3) is 3.44. The third-order valence-electron chi connectivity index (χ3n) is 5.16. The first-order valence-electron chi connectivity index (χ1n) is 8.60. The molecule has 25 heavy (non-hydrogen) atoms. The number of aliphatic hydroxyl groups is 1. The maximum atomic E-state index is 9.13. The molecule has 0 aliphatic carbocycles. The zero-order chi connectivity index (χ0) is 17.4. The lowest BCUT2D eigenvalue weighted by Crippen LogP contribution is -2.46. The van der Waals surface area contributed by atoms with Crippen LogP contribution in [-0.2, 0) is 4.74 Å². The van der Waals surface area contributed by atoms with E-state index in [9.17, 15) is 0 Å². The predicted octanol–water partition coefficient (Wildman–Crippen LogP) is 3.25. The Morgan fingerprint density at radius 1 is 1.20 bits per heavy atom. The van der Waals surface area contributed by atoms with Crippen LogP contribution in [0.1, 0.15) is 18.9 Å². The Morgan fingerprint density at radius 2 is 2.08 bits per heavy atom. The first kappa shape index (κ1) is 17.3. The fourth-order valence-electron chi connectivity index (χ4n) is 3.90. The number of hydrogen-bond acceptors (Lipinski definition) is 4. The van der Waals surface area contributed by atoms with E-state index in [1.165, 1.54) is 0 Å². The predicted molar refractivity (Wildman–Crippen MR) is 98.1 cm³/mol. The zero-order valence-electron chi connectivity index (χ0n) is 13.8. The van der Waals surface area contributed by atoms with E-state index in [4.69, 9.17) is 33.0 Å². The summed E-state index contributed by atoms with van der Waals surface area (Å²) in [4.78, 5) is 7.02.